The first-order valence-corrected chi connectivity index (χ1v) is 9.16. The molecule has 3 aromatic rings. The lowest BCUT2D eigenvalue weighted by Crippen LogP contribution is -2.47. The van der Waals surface area contributed by atoms with Gasteiger partial charge in [-0.05, 0) is 12.1 Å². The molecule has 0 saturated heterocycles. The Balaban J connectivity index is 1.87. The lowest BCUT2D eigenvalue weighted by Gasteiger charge is -2.41. The summed E-state index contributed by atoms with van der Waals surface area (Å²) < 4.78 is 11.9. The number of benzene rings is 2. The Morgan fingerprint density at radius 1 is 0.828 bits per heavy atom. The SMILES string of the molecule is O=C1/C=C\C(=O)OC2(c3ccccc3)c3ccccc3C(O1)N2c1ccncc1. The molecule has 5 rings (SSSR count). The molecular formula is C23H16N2O4. The fraction of sp³-hybridized carbons (Fsp3) is 0.0870. The normalized spacial score (nSPS) is 23.9. The molecule has 29 heavy (non-hydrogen) atoms. The van der Waals surface area contributed by atoms with E-state index in [0.717, 1.165) is 28.8 Å². The van der Waals surface area contributed by atoms with Crippen molar-refractivity contribution in [3.05, 3.63) is 108 Å². The van der Waals surface area contributed by atoms with Crippen LogP contribution >= 0.6 is 0 Å². The Kier molecular flexibility index (Phi) is 3.91. The molecule has 6 heteroatoms. The lowest BCUT2D eigenvalue weighted by atomic mass is 9.93. The molecule has 2 aromatic carbocycles. The number of ether oxygens (including phenoxy) is 2. The Bertz CT molecular complexity index is 1110. The van der Waals surface area contributed by atoms with E-state index in [9.17, 15) is 9.59 Å². The van der Waals surface area contributed by atoms with E-state index in [1.54, 1.807) is 24.5 Å². The summed E-state index contributed by atoms with van der Waals surface area (Å²) in [5.41, 5.74) is 1.63. The van der Waals surface area contributed by atoms with Crippen molar-refractivity contribution in [1.82, 2.24) is 4.98 Å². The minimum Gasteiger partial charge on any atom is -0.434 e. The summed E-state index contributed by atoms with van der Waals surface area (Å²) >= 11 is 0. The number of esters is 2. The monoisotopic (exact) mass is 384 g/mol. The minimum atomic E-state index is -1.31. The van der Waals surface area contributed by atoms with Gasteiger partial charge >= 0.3 is 11.9 Å². The van der Waals surface area contributed by atoms with Crippen LogP contribution in [-0.2, 0) is 24.8 Å². The number of fused-ring (bicyclic) bond motifs is 5. The highest BCUT2D eigenvalue weighted by Gasteiger charge is 2.56. The van der Waals surface area contributed by atoms with E-state index in [4.69, 9.17) is 9.47 Å². The van der Waals surface area contributed by atoms with Crippen molar-refractivity contribution < 1.29 is 19.1 Å². The Hall–Kier alpha value is -3.93. The molecule has 1 aromatic heterocycles. The van der Waals surface area contributed by atoms with Gasteiger partial charge in [-0.15, -0.1) is 0 Å². The van der Waals surface area contributed by atoms with E-state index in [-0.39, 0.29) is 0 Å². The molecule has 0 aliphatic carbocycles. The van der Waals surface area contributed by atoms with Gasteiger partial charge in [0.2, 0.25) is 12.0 Å². The average molecular weight is 384 g/mol. The second-order valence-electron chi connectivity index (χ2n) is 6.72. The Morgan fingerprint density at radius 2 is 1.52 bits per heavy atom. The zero-order valence-corrected chi connectivity index (χ0v) is 15.3. The van der Waals surface area contributed by atoms with Crippen LogP contribution < -0.4 is 4.90 Å². The quantitative estimate of drug-likeness (QED) is 0.631. The van der Waals surface area contributed by atoms with Crippen LogP contribution in [0, 0.1) is 0 Å². The standard InChI is InChI=1S/C23H16N2O4/c26-20-10-11-21(27)29-23(16-6-2-1-3-7-16)19-9-5-4-8-18(19)22(28-20)25(23)17-12-14-24-15-13-17/h1-15,22H/b11-10-. The highest BCUT2D eigenvalue weighted by Crippen LogP contribution is 2.53. The van der Waals surface area contributed by atoms with Crippen LogP contribution in [0.3, 0.4) is 0 Å². The molecular weight excluding hydrogens is 368 g/mol. The van der Waals surface area contributed by atoms with Crippen LogP contribution in [0.15, 0.2) is 91.3 Å². The first-order valence-electron chi connectivity index (χ1n) is 9.16. The van der Waals surface area contributed by atoms with Gasteiger partial charge in [0, 0.05) is 46.9 Å². The molecule has 142 valence electrons. The van der Waals surface area contributed by atoms with Gasteiger partial charge in [-0.25, -0.2) is 9.59 Å². The van der Waals surface area contributed by atoms with E-state index >= 15 is 0 Å². The number of aromatic nitrogens is 1. The van der Waals surface area contributed by atoms with Crippen LogP contribution in [0.2, 0.25) is 0 Å². The highest BCUT2D eigenvalue weighted by molar-refractivity contribution is 5.93. The van der Waals surface area contributed by atoms with Gasteiger partial charge in [0.15, 0.2) is 0 Å². The zero-order chi connectivity index (χ0) is 19.8. The predicted molar refractivity (Wildman–Crippen MR) is 104 cm³/mol. The molecule has 2 unspecified atom stereocenters. The molecule has 2 aliphatic heterocycles. The molecule has 3 heterocycles. The average Bonchev–Trinajstić information content (AvgIpc) is 3.06. The van der Waals surface area contributed by atoms with Gasteiger partial charge in [0.25, 0.3) is 0 Å². The number of anilines is 1. The molecule has 6 nitrogen and oxygen atoms in total. The Labute approximate surface area is 167 Å². The summed E-state index contributed by atoms with van der Waals surface area (Å²) in [5, 5.41) is 0. The molecule has 0 fully saturated rings. The fourth-order valence-electron chi connectivity index (χ4n) is 3.98. The molecule has 0 spiro atoms. The van der Waals surface area contributed by atoms with Gasteiger partial charge in [0.05, 0.1) is 0 Å². The Morgan fingerprint density at radius 3 is 2.31 bits per heavy atom. The van der Waals surface area contributed by atoms with Gasteiger partial charge in [-0.1, -0.05) is 54.6 Å². The number of nitrogens with zero attached hydrogens (tertiary/aromatic N) is 2. The predicted octanol–water partition coefficient (Wildman–Crippen LogP) is 3.46. The van der Waals surface area contributed by atoms with Gasteiger partial charge < -0.3 is 9.47 Å². The molecule has 2 bridgehead atoms. The van der Waals surface area contributed by atoms with Crippen molar-refractivity contribution in [2.45, 2.75) is 12.0 Å². The summed E-state index contributed by atoms with van der Waals surface area (Å²) in [6, 6.07) is 20.6. The number of carbonyl (C=O) groups excluding carboxylic acids is 2. The third kappa shape index (κ3) is 2.61. The summed E-state index contributed by atoms with van der Waals surface area (Å²) in [7, 11) is 0. The lowest BCUT2D eigenvalue weighted by molar-refractivity contribution is -0.152. The van der Waals surface area contributed by atoms with E-state index < -0.39 is 23.9 Å². The molecule has 2 aliphatic rings. The molecule has 0 N–H and O–H groups in total. The van der Waals surface area contributed by atoms with Gasteiger partial charge in [-0.3, -0.25) is 9.88 Å². The number of carbonyl (C=O) groups is 2. The minimum absolute atomic E-state index is 0.619. The maximum atomic E-state index is 12.7. The van der Waals surface area contributed by atoms with Crippen molar-refractivity contribution in [1.29, 1.82) is 0 Å². The maximum Gasteiger partial charge on any atom is 0.333 e. The first-order chi connectivity index (χ1) is 14.2. The molecule has 0 saturated carbocycles. The third-order valence-electron chi connectivity index (χ3n) is 5.10. The fourth-order valence-corrected chi connectivity index (χ4v) is 3.98. The first kappa shape index (κ1) is 17.2. The van der Waals surface area contributed by atoms with Crippen LogP contribution in [0.1, 0.15) is 22.9 Å². The second-order valence-corrected chi connectivity index (χ2v) is 6.72. The largest absolute Gasteiger partial charge is 0.434 e. The maximum absolute atomic E-state index is 12.7. The second kappa shape index (κ2) is 6.60. The third-order valence-corrected chi connectivity index (χ3v) is 5.10. The summed E-state index contributed by atoms with van der Waals surface area (Å²) in [6.07, 6.45) is 4.70. The molecule has 0 amide bonds. The summed E-state index contributed by atoms with van der Waals surface area (Å²) in [4.78, 5) is 31.0. The van der Waals surface area contributed by atoms with Crippen molar-refractivity contribution in [3.8, 4) is 0 Å². The van der Waals surface area contributed by atoms with Crippen LogP contribution in [-0.4, -0.2) is 16.9 Å². The summed E-state index contributed by atoms with van der Waals surface area (Å²) in [5.74, 6) is -1.26. The van der Waals surface area contributed by atoms with E-state index in [0.29, 0.717) is 5.69 Å². The highest BCUT2D eigenvalue weighted by atomic mass is 16.6. The van der Waals surface area contributed by atoms with Crippen LogP contribution in [0.5, 0.6) is 0 Å². The smallest absolute Gasteiger partial charge is 0.333 e. The van der Waals surface area contributed by atoms with E-state index in [1.807, 2.05) is 59.5 Å². The van der Waals surface area contributed by atoms with Gasteiger partial charge in [-0.2, -0.15) is 0 Å². The number of rotatable bonds is 2. The molecule has 2 atom stereocenters. The van der Waals surface area contributed by atoms with E-state index in [1.165, 1.54) is 0 Å². The van der Waals surface area contributed by atoms with Gasteiger partial charge in [0.1, 0.15) is 0 Å². The summed E-state index contributed by atoms with van der Waals surface area (Å²) in [6.45, 7) is 0. The number of pyridine rings is 1. The van der Waals surface area contributed by atoms with Crippen molar-refractivity contribution in [2.75, 3.05) is 4.90 Å². The van der Waals surface area contributed by atoms with Crippen LogP contribution in [0.4, 0.5) is 5.69 Å². The van der Waals surface area contributed by atoms with Crippen LogP contribution in [0.25, 0.3) is 0 Å². The topological polar surface area (TPSA) is 68.7 Å². The van der Waals surface area contributed by atoms with E-state index in [2.05, 4.69) is 4.98 Å². The molecule has 0 radical (unpaired) electrons. The number of hydrogen-bond acceptors (Lipinski definition) is 6. The van der Waals surface area contributed by atoms with Crippen molar-refractivity contribution >= 4 is 17.6 Å². The zero-order valence-electron chi connectivity index (χ0n) is 15.3. The van der Waals surface area contributed by atoms with Crippen molar-refractivity contribution in [3.63, 3.8) is 0 Å². The number of hydrogen-bond donors (Lipinski definition) is 0. The van der Waals surface area contributed by atoms with Crippen molar-refractivity contribution in [2.24, 2.45) is 0 Å².